The molecule has 0 N–H and O–H groups in total. The average Bonchev–Trinajstić information content (AvgIpc) is 2.97. The summed E-state index contributed by atoms with van der Waals surface area (Å²) in [4.78, 5) is 26.6. The van der Waals surface area contributed by atoms with Crippen molar-refractivity contribution in [3.05, 3.63) is 63.2 Å². The zero-order valence-corrected chi connectivity index (χ0v) is 16.2. The van der Waals surface area contributed by atoms with E-state index in [0.717, 1.165) is 35.6 Å². The molecule has 0 saturated carbocycles. The number of carbonyl (C=O) groups excluding carboxylic acids is 1. The van der Waals surface area contributed by atoms with E-state index < -0.39 is 32.2 Å². The highest BCUT2D eigenvalue weighted by atomic mass is 32.2. The zero-order valence-electron chi connectivity index (χ0n) is 14.5. The van der Waals surface area contributed by atoms with Gasteiger partial charge >= 0.3 is 0 Å². The van der Waals surface area contributed by atoms with Gasteiger partial charge in [0.2, 0.25) is 0 Å². The molecule has 3 rings (SSSR count). The molecule has 0 atom stereocenters. The fourth-order valence-electron chi connectivity index (χ4n) is 2.59. The van der Waals surface area contributed by atoms with Crippen LogP contribution in [0, 0.1) is 15.9 Å². The molecule has 0 aliphatic heterocycles. The molecule has 0 unspecified atom stereocenters. The van der Waals surface area contributed by atoms with Crippen LogP contribution in [0.5, 0.6) is 0 Å². The lowest BCUT2D eigenvalue weighted by atomic mass is 10.3. The molecule has 2 aromatic carbocycles. The number of aromatic nitrogens is 1. The summed E-state index contributed by atoms with van der Waals surface area (Å²) in [7, 11) is -3.97. The zero-order chi connectivity index (χ0) is 20.5. The van der Waals surface area contributed by atoms with Gasteiger partial charge in [0.1, 0.15) is 11.6 Å². The normalized spacial score (nSPS) is 12.4. The summed E-state index contributed by atoms with van der Waals surface area (Å²) in [5.74, 6) is -2.33. The number of halogens is 1. The van der Waals surface area contributed by atoms with Crippen molar-refractivity contribution in [2.45, 2.75) is 18.4 Å². The Kier molecular flexibility index (Phi) is 5.38. The highest BCUT2D eigenvalue weighted by Gasteiger charge is 2.20. The highest BCUT2D eigenvalue weighted by Crippen LogP contribution is 2.23. The number of hydrogen-bond acceptors (Lipinski definition) is 6. The van der Waals surface area contributed by atoms with Crippen molar-refractivity contribution < 1.29 is 22.5 Å². The summed E-state index contributed by atoms with van der Waals surface area (Å²) in [6.07, 6.45) is 0. The molecular formula is C17H14FN3O5S2. The Bertz CT molecular complexity index is 1240. The van der Waals surface area contributed by atoms with E-state index in [2.05, 4.69) is 4.99 Å². The molecule has 0 aliphatic rings. The summed E-state index contributed by atoms with van der Waals surface area (Å²) in [5, 5.41) is 10.9. The molecule has 1 aromatic heterocycles. The number of benzene rings is 2. The first-order valence-corrected chi connectivity index (χ1v) is 10.5. The number of non-ortho nitro benzene ring substituents is 1. The summed E-state index contributed by atoms with van der Waals surface area (Å²) in [6.45, 7) is 2.25. The van der Waals surface area contributed by atoms with E-state index >= 15 is 0 Å². The topological polar surface area (TPSA) is 112 Å². The molecule has 28 heavy (non-hydrogen) atoms. The van der Waals surface area contributed by atoms with Gasteiger partial charge < -0.3 is 4.57 Å². The van der Waals surface area contributed by atoms with E-state index in [0.29, 0.717) is 16.8 Å². The molecule has 1 amide bonds. The number of aryl methyl sites for hydroxylation is 1. The van der Waals surface area contributed by atoms with Gasteiger partial charge in [0, 0.05) is 18.7 Å². The van der Waals surface area contributed by atoms with Gasteiger partial charge in [-0.25, -0.2) is 12.8 Å². The van der Waals surface area contributed by atoms with Crippen LogP contribution in [0.15, 0.2) is 52.4 Å². The number of sulfone groups is 1. The average molecular weight is 423 g/mol. The third-order valence-electron chi connectivity index (χ3n) is 3.90. The Morgan fingerprint density at radius 1 is 1.25 bits per heavy atom. The van der Waals surface area contributed by atoms with Gasteiger partial charge in [0.05, 0.1) is 20.0 Å². The van der Waals surface area contributed by atoms with Crippen molar-refractivity contribution in [2.24, 2.45) is 4.99 Å². The van der Waals surface area contributed by atoms with Crippen molar-refractivity contribution in [3.63, 3.8) is 0 Å². The van der Waals surface area contributed by atoms with Crippen LogP contribution in [-0.4, -0.2) is 29.6 Å². The van der Waals surface area contributed by atoms with Gasteiger partial charge in [0.15, 0.2) is 14.6 Å². The van der Waals surface area contributed by atoms with Crippen molar-refractivity contribution in [3.8, 4) is 0 Å². The summed E-state index contributed by atoms with van der Waals surface area (Å²) in [5.41, 5.74) is 0.569. The second kappa shape index (κ2) is 7.60. The van der Waals surface area contributed by atoms with E-state index in [1.165, 1.54) is 12.1 Å². The number of nitro groups is 1. The van der Waals surface area contributed by atoms with Crippen LogP contribution in [0.3, 0.4) is 0 Å². The molecule has 3 aromatic rings. The van der Waals surface area contributed by atoms with E-state index in [1.54, 1.807) is 10.6 Å². The molecule has 0 aliphatic carbocycles. The number of hydrogen-bond donors (Lipinski definition) is 0. The van der Waals surface area contributed by atoms with E-state index in [4.69, 9.17) is 0 Å². The Hall–Kier alpha value is -2.92. The maximum atomic E-state index is 13.0. The monoisotopic (exact) mass is 423 g/mol. The standard InChI is InChI=1S/C17H14FN3O5S2/c1-2-20-14-8-5-12(21(23)24)9-15(14)27-17(20)19-16(22)10-28(25,26)13-6-3-11(18)4-7-13/h3-9H,2,10H2,1H3. The number of fused-ring (bicyclic) bond motifs is 1. The van der Waals surface area contributed by atoms with Crippen LogP contribution in [-0.2, 0) is 21.2 Å². The largest absolute Gasteiger partial charge is 0.317 e. The van der Waals surface area contributed by atoms with Crippen molar-refractivity contribution in [1.82, 2.24) is 4.57 Å². The molecule has 0 spiro atoms. The van der Waals surface area contributed by atoms with E-state index in [1.807, 2.05) is 6.92 Å². The first kappa shape index (κ1) is 19.8. The van der Waals surface area contributed by atoms with Crippen LogP contribution in [0.2, 0.25) is 0 Å². The second-order valence-electron chi connectivity index (χ2n) is 5.76. The fourth-order valence-corrected chi connectivity index (χ4v) is 4.84. The van der Waals surface area contributed by atoms with Crippen molar-refractivity contribution in [2.75, 3.05) is 5.75 Å². The minimum atomic E-state index is -3.97. The van der Waals surface area contributed by atoms with Crippen molar-refractivity contribution in [1.29, 1.82) is 0 Å². The molecule has 146 valence electrons. The Morgan fingerprint density at radius 2 is 1.93 bits per heavy atom. The minimum absolute atomic E-state index is 0.0891. The lowest BCUT2D eigenvalue weighted by Crippen LogP contribution is -2.20. The quantitative estimate of drug-likeness (QED) is 0.356. The highest BCUT2D eigenvalue weighted by molar-refractivity contribution is 7.92. The third kappa shape index (κ3) is 3.99. The van der Waals surface area contributed by atoms with Gasteiger partial charge in [-0.05, 0) is 37.3 Å². The van der Waals surface area contributed by atoms with Gasteiger partial charge in [-0.3, -0.25) is 14.9 Å². The number of carbonyl (C=O) groups is 1. The summed E-state index contributed by atoms with van der Waals surface area (Å²) >= 11 is 1.06. The van der Waals surface area contributed by atoms with Crippen LogP contribution < -0.4 is 4.80 Å². The van der Waals surface area contributed by atoms with Gasteiger partial charge in [-0.15, -0.1) is 0 Å². The lowest BCUT2D eigenvalue weighted by Gasteiger charge is -2.02. The van der Waals surface area contributed by atoms with Gasteiger partial charge in [-0.1, -0.05) is 11.3 Å². The van der Waals surface area contributed by atoms with Crippen LogP contribution >= 0.6 is 11.3 Å². The maximum Gasteiger partial charge on any atom is 0.270 e. The summed E-state index contributed by atoms with van der Waals surface area (Å²) in [6, 6.07) is 8.46. The molecule has 1 heterocycles. The molecule has 0 saturated heterocycles. The molecule has 11 heteroatoms. The third-order valence-corrected chi connectivity index (χ3v) is 6.56. The van der Waals surface area contributed by atoms with Crippen molar-refractivity contribution >= 4 is 43.0 Å². The van der Waals surface area contributed by atoms with E-state index in [9.17, 15) is 27.7 Å². The Morgan fingerprint density at radius 3 is 2.54 bits per heavy atom. The fraction of sp³-hybridized carbons (Fsp3) is 0.176. The van der Waals surface area contributed by atoms with Gasteiger partial charge in [0.25, 0.3) is 11.6 Å². The van der Waals surface area contributed by atoms with Crippen LogP contribution in [0.1, 0.15) is 6.92 Å². The van der Waals surface area contributed by atoms with Crippen LogP contribution in [0.25, 0.3) is 10.2 Å². The van der Waals surface area contributed by atoms with E-state index in [-0.39, 0.29) is 15.4 Å². The Labute approximate surface area is 162 Å². The van der Waals surface area contributed by atoms with Crippen LogP contribution in [0.4, 0.5) is 10.1 Å². The lowest BCUT2D eigenvalue weighted by molar-refractivity contribution is -0.384. The number of rotatable bonds is 5. The predicted octanol–water partition coefficient (Wildman–Crippen LogP) is 2.67. The first-order chi connectivity index (χ1) is 13.2. The SMILES string of the molecule is CCn1c(=NC(=O)CS(=O)(=O)c2ccc(F)cc2)sc2cc([N+](=O)[O-])ccc21. The maximum absolute atomic E-state index is 13.0. The smallest absolute Gasteiger partial charge is 0.270 e. The molecule has 0 fully saturated rings. The summed E-state index contributed by atoms with van der Waals surface area (Å²) < 4.78 is 39.8. The predicted molar refractivity (Wildman–Crippen MR) is 101 cm³/mol. The minimum Gasteiger partial charge on any atom is -0.317 e. The molecule has 0 bridgehead atoms. The molecule has 0 radical (unpaired) electrons. The number of nitrogens with zero attached hydrogens (tertiary/aromatic N) is 3. The molecular weight excluding hydrogens is 409 g/mol. The number of amides is 1. The Balaban J connectivity index is 1.98. The van der Waals surface area contributed by atoms with Gasteiger partial charge in [-0.2, -0.15) is 4.99 Å². The number of nitro benzene ring substituents is 1. The first-order valence-electron chi connectivity index (χ1n) is 8.05. The number of thiazole rings is 1. The molecule has 8 nitrogen and oxygen atoms in total. The second-order valence-corrected chi connectivity index (χ2v) is 8.76.